The van der Waals surface area contributed by atoms with Crippen LogP contribution in [-0.4, -0.2) is 25.5 Å². The lowest BCUT2D eigenvalue weighted by Crippen LogP contribution is -2.28. The highest BCUT2D eigenvalue weighted by molar-refractivity contribution is 7.88. The highest BCUT2D eigenvalue weighted by atomic mass is 35.5. The third-order valence-electron chi connectivity index (χ3n) is 1.99. The fourth-order valence-corrected chi connectivity index (χ4v) is 1.84. The zero-order chi connectivity index (χ0) is 16.4. The number of alkyl halides is 3. The summed E-state index contributed by atoms with van der Waals surface area (Å²) in [4.78, 5) is 9.59. The molecule has 0 aliphatic rings. The first kappa shape index (κ1) is 17.3. The first-order chi connectivity index (χ1) is 9.49. The number of ether oxygens (including phenoxy) is 1. The number of hydrogen-bond acceptors (Lipinski definition) is 6. The summed E-state index contributed by atoms with van der Waals surface area (Å²) < 4.78 is 67.2. The van der Waals surface area contributed by atoms with Gasteiger partial charge in [-0.3, -0.25) is 10.1 Å². The Morgan fingerprint density at radius 3 is 2.33 bits per heavy atom. The van der Waals surface area contributed by atoms with Crippen molar-refractivity contribution in [1.29, 1.82) is 0 Å². The summed E-state index contributed by atoms with van der Waals surface area (Å²) in [6.07, 6.45) is 0. The van der Waals surface area contributed by atoms with Crippen LogP contribution in [0.3, 0.4) is 0 Å². The highest BCUT2D eigenvalue weighted by Crippen LogP contribution is 2.39. The first-order valence-corrected chi connectivity index (χ1v) is 6.89. The number of halogens is 4. The van der Waals surface area contributed by atoms with Gasteiger partial charge in [0.05, 0.1) is 16.6 Å². The Kier molecular flexibility index (Phi) is 4.89. The summed E-state index contributed by atoms with van der Waals surface area (Å²) in [5.41, 5.74) is -6.77. The number of rotatable bonds is 5. The average molecular weight is 350 g/mol. The van der Waals surface area contributed by atoms with Gasteiger partial charge in [0.15, 0.2) is 0 Å². The molecule has 0 spiro atoms. The molecule has 0 saturated carbocycles. The summed E-state index contributed by atoms with van der Waals surface area (Å²) in [5, 5.41) is 10.5. The second-order valence-corrected chi connectivity index (χ2v) is 5.37. The topological polar surface area (TPSA) is 95.7 Å². The van der Waals surface area contributed by atoms with Crippen molar-refractivity contribution in [3.8, 4) is 11.5 Å². The molecule has 0 radical (unpaired) electrons. The summed E-state index contributed by atoms with van der Waals surface area (Å²) in [6.45, 7) is 1.56. The maximum atomic E-state index is 12.2. The SMILES string of the molecule is CCOc1cc(OS(=O)(=O)C(F)(F)F)c([N+](=O)[O-])cc1Cl. The van der Waals surface area contributed by atoms with Crippen LogP contribution in [0.15, 0.2) is 12.1 Å². The van der Waals surface area contributed by atoms with Crippen LogP contribution in [0.4, 0.5) is 18.9 Å². The molecule has 1 rings (SSSR count). The maximum Gasteiger partial charge on any atom is 0.534 e. The van der Waals surface area contributed by atoms with Gasteiger partial charge in [-0.05, 0) is 6.92 Å². The number of nitro groups is 1. The summed E-state index contributed by atoms with van der Waals surface area (Å²) in [7, 11) is -6.05. The van der Waals surface area contributed by atoms with E-state index in [0.717, 1.165) is 0 Å². The van der Waals surface area contributed by atoms with Gasteiger partial charge in [0.25, 0.3) is 0 Å². The molecule has 0 fully saturated rings. The molecule has 0 aromatic heterocycles. The molecule has 118 valence electrons. The Morgan fingerprint density at radius 1 is 1.33 bits per heavy atom. The Morgan fingerprint density at radius 2 is 1.90 bits per heavy atom. The second kappa shape index (κ2) is 5.93. The largest absolute Gasteiger partial charge is 0.534 e. The molecule has 12 heteroatoms. The Hall–Kier alpha value is -1.75. The zero-order valence-electron chi connectivity index (χ0n) is 10.2. The molecular formula is C9H7ClF3NO6S. The van der Waals surface area contributed by atoms with Gasteiger partial charge in [0.1, 0.15) is 5.75 Å². The van der Waals surface area contributed by atoms with Crippen LogP contribution in [0.25, 0.3) is 0 Å². The third kappa shape index (κ3) is 3.88. The van der Waals surface area contributed by atoms with Crippen molar-refractivity contribution in [3.05, 3.63) is 27.3 Å². The Bertz CT molecular complexity index is 660. The molecule has 1 aromatic carbocycles. The number of nitro benzene ring substituents is 1. The van der Waals surface area contributed by atoms with Gasteiger partial charge in [-0.25, -0.2) is 0 Å². The minimum absolute atomic E-state index is 0.0446. The Labute approximate surface area is 121 Å². The standard InChI is InChI=1S/C9H7ClF3NO6S/c1-2-19-7-4-8(6(14(15)16)3-5(7)10)20-21(17,18)9(11,12)13/h3-4H,2H2,1H3. The lowest BCUT2D eigenvalue weighted by atomic mass is 10.3. The van der Waals surface area contributed by atoms with E-state index in [4.69, 9.17) is 16.3 Å². The van der Waals surface area contributed by atoms with Crippen LogP contribution in [0.5, 0.6) is 11.5 Å². The van der Waals surface area contributed by atoms with Gasteiger partial charge in [-0.2, -0.15) is 21.6 Å². The van der Waals surface area contributed by atoms with E-state index < -0.39 is 32.0 Å². The molecule has 0 aliphatic heterocycles. The van der Waals surface area contributed by atoms with Gasteiger partial charge in [-0.1, -0.05) is 11.6 Å². The average Bonchev–Trinajstić information content (AvgIpc) is 2.31. The minimum Gasteiger partial charge on any atom is -0.492 e. The van der Waals surface area contributed by atoms with Crippen molar-refractivity contribution >= 4 is 27.4 Å². The van der Waals surface area contributed by atoms with E-state index in [2.05, 4.69) is 4.18 Å². The monoisotopic (exact) mass is 349 g/mol. The number of hydrogen-bond donors (Lipinski definition) is 0. The lowest BCUT2D eigenvalue weighted by Gasteiger charge is -2.12. The lowest BCUT2D eigenvalue weighted by molar-refractivity contribution is -0.385. The van der Waals surface area contributed by atoms with E-state index in [-0.39, 0.29) is 17.4 Å². The summed E-state index contributed by atoms with van der Waals surface area (Å²) >= 11 is 5.63. The minimum atomic E-state index is -6.05. The molecule has 0 saturated heterocycles. The van der Waals surface area contributed by atoms with Gasteiger partial charge < -0.3 is 8.92 Å². The predicted octanol–water partition coefficient (Wildman–Crippen LogP) is 2.88. The first-order valence-electron chi connectivity index (χ1n) is 5.11. The fraction of sp³-hybridized carbons (Fsp3) is 0.333. The quantitative estimate of drug-likeness (QED) is 0.351. The van der Waals surface area contributed by atoms with Crippen molar-refractivity contribution in [3.63, 3.8) is 0 Å². The van der Waals surface area contributed by atoms with Crippen LogP contribution in [0.2, 0.25) is 5.02 Å². The molecule has 0 aliphatic carbocycles. The molecule has 0 bridgehead atoms. The van der Waals surface area contributed by atoms with Crippen molar-refractivity contribution in [1.82, 2.24) is 0 Å². The molecule has 21 heavy (non-hydrogen) atoms. The maximum absolute atomic E-state index is 12.2. The molecule has 0 unspecified atom stereocenters. The van der Waals surface area contributed by atoms with Gasteiger partial charge >= 0.3 is 21.3 Å². The molecule has 7 nitrogen and oxygen atoms in total. The van der Waals surface area contributed by atoms with Crippen LogP contribution in [-0.2, 0) is 10.1 Å². The van der Waals surface area contributed by atoms with Crippen LogP contribution in [0, 0.1) is 10.1 Å². The van der Waals surface area contributed by atoms with Crippen LogP contribution >= 0.6 is 11.6 Å². The molecule has 1 aromatic rings. The summed E-state index contributed by atoms with van der Waals surface area (Å²) in [6, 6.07) is 1.24. The van der Waals surface area contributed by atoms with Gasteiger partial charge in [0, 0.05) is 12.1 Å². The molecule has 0 heterocycles. The second-order valence-electron chi connectivity index (χ2n) is 3.42. The van der Waals surface area contributed by atoms with E-state index in [1.54, 1.807) is 0 Å². The third-order valence-corrected chi connectivity index (χ3v) is 3.25. The normalized spacial score (nSPS) is 12.0. The number of nitrogens with zero attached hydrogens (tertiary/aromatic N) is 1. The molecule has 0 N–H and O–H groups in total. The van der Waals surface area contributed by atoms with Crippen LogP contribution < -0.4 is 8.92 Å². The fourth-order valence-electron chi connectivity index (χ4n) is 1.17. The Balaban J connectivity index is 3.39. The molecule has 0 atom stereocenters. The smallest absolute Gasteiger partial charge is 0.492 e. The van der Waals surface area contributed by atoms with Crippen molar-refractivity contribution in [2.45, 2.75) is 12.4 Å². The van der Waals surface area contributed by atoms with E-state index in [1.165, 1.54) is 6.92 Å². The predicted molar refractivity (Wildman–Crippen MR) is 64.9 cm³/mol. The van der Waals surface area contributed by atoms with Crippen molar-refractivity contribution in [2.24, 2.45) is 0 Å². The van der Waals surface area contributed by atoms with E-state index in [0.29, 0.717) is 12.1 Å². The molecular weight excluding hydrogens is 343 g/mol. The van der Waals surface area contributed by atoms with Crippen molar-refractivity contribution in [2.75, 3.05) is 6.61 Å². The van der Waals surface area contributed by atoms with E-state index in [9.17, 15) is 31.7 Å². The highest BCUT2D eigenvalue weighted by Gasteiger charge is 2.49. The number of benzene rings is 1. The van der Waals surface area contributed by atoms with E-state index >= 15 is 0 Å². The van der Waals surface area contributed by atoms with Gasteiger partial charge in [-0.15, -0.1) is 0 Å². The summed E-state index contributed by atoms with van der Waals surface area (Å²) in [5.74, 6) is -1.40. The van der Waals surface area contributed by atoms with E-state index in [1.807, 2.05) is 0 Å². The van der Waals surface area contributed by atoms with Crippen molar-refractivity contribution < 1.29 is 35.4 Å². The van der Waals surface area contributed by atoms with Gasteiger partial charge in [0.2, 0.25) is 5.75 Å². The molecule has 0 amide bonds. The van der Waals surface area contributed by atoms with Crippen LogP contribution in [0.1, 0.15) is 6.92 Å². The zero-order valence-corrected chi connectivity index (χ0v) is 11.8.